The van der Waals surface area contributed by atoms with Gasteiger partial charge >= 0.3 is 6.09 Å². The number of benzene rings is 1. The van der Waals surface area contributed by atoms with E-state index in [-0.39, 0.29) is 31.2 Å². The van der Waals surface area contributed by atoms with E-state index in [0.717, 1.165) is 23.6 Å². The number of hydrogen-bond acceptors (Lipinski definition) is 10. The van der Waals surface area contributed by atoms with Crippen molar-refractivity contribution in [3.8, 4) is 11.6 Å². The molecule has 3 fully saturated rings. The third kappa shape index (κ3) is 9.53. The number of sulfonamides is 1. The lowest BCUT2D eigenvalue weighted by Gasteiger charge is -2.33. The summed E-state index contributed by atoms with van der Waals surface area (Å²) in [6, 6.07) is 5.29. The molecule has 2 aromatic rings. The van der Waals surface area contributed by atoms with E-state index in [9.17, 15) is 27.6 Å². The third-order valence-electron chi connectivity index (χ3n) is 10.7. The van der Waals surface area contributed by atoms with Gasteiger partial charge in [0.15, 0.2) is 0 Å². The van der Waals surface area contributed by atoms with Crippen molar-refractivity contribution in [2.24, 2.45) is 17.8 Å². The Morgan fingerprint density at radius 1 is 1.09 bits per heavy atom. The van der Waals surface area contributed by atoms with Crippen LogP contribution in [-0.2, 0) is 29.1 Å². The van der Waals surface area contributed by atoms with Crippen LogP contribution in [0.25, 0.3) is 10.8 Å². The second-order valence-corrected chi connectivity index (χ2v) is 18.7. The molecular weight excluding hydrogens is 727 g/mol. The maximum Gasteiger partial charge on any atom is 0.408 e. The number of nitrogens with zero attached hydrogens (tertiary/aromatic N) is 2. The van der Waals surface area contributed by atoms with Gasteiger partial charge in [0.25, 0.3) is 5.91 Å². The first kappa shape index (κ1) is 40.3. The largest absolute Gasteiger partial charge is 0.494 e. The maximum absolute atomic E-state index is 14.8. The number of amides is 4. The average molecular weight is 782 g/mol. The first-order valence-electron chi connectivity index (χ1n) is 19.5. The Morgan fingerprint density at radius 2 is 1.85 bits per heavy atom. The fraction of sp³-hybridized carbons (Fsp3) is 0.625. The van der Waals surface area contributed by atoms with Crippen LogP contribution >= 0.6 is 0 Å². The van der Waals surface area contributed by atoms with Crippen LogP contribution in [0.3, 0.4) is 0 Å². The molecule has 1 aromatic carbocycles. The molecule has 0 spiro atoms. The number of allylic oxidation sites excluding steroid dienone is 1. The lowest BCUT2D eigenvalue weighted by Crippen LogP contribution is -2.59. The quantitative estimate of drug-likeness (QED) is 0.300. The van der Waals surface area contributed by atoms with E-state index in [0.29, 0.717) is 43.9 Å². The van der Waals surface area contributed by atoms with Crippen LogP contribution in [-0.4, -0.2) is 89.8 Å². The second-order valence-electron chi connectivity index (χ2n) is 16.7. The van der Waals surface area contributed by atoms with Crippen molar-refractivity contribution < 1.29 is 41.8 Å². The molecule has 1 saturated heterocycles. The van der Waals surface area contributed by atoms with Gasteiger partial charge in [-0.05, 0) is 107 Å². The van der Waals surface area contributed by atoms with Gasteiger partial charge in [-0.1, -0.05) is 32.9 Å². The molecule has 55 heavy (non-hydrogen) atoms. The minimum Gasteiger partial charge on any atom is -0.494 e. The molecule has 14 nitrogen and oxygen atoms in total. The van der Waals surface area contributed by atoms with Crippen molar-refractivity contribution in [2.45, 2.75) is 127 Å². The Hall–Kier alpha value is -4.40. The SMILES string of the molecule is CCCOc1ccc2c(OC3CC4C(=O)NC5(C(=O)NS(=O)(=O)C6CC6)CC5C=CCCC(C)CC(C)C(NC(=O)OC(C)(C)C)C(=O)N4C3)nccc2c1. The summed E-state index contributed by atoms with van der Waals surface area (Å²) in [5.41, 5.74) is -2.33. The summed E-state index contributed by atoms with van der Waals surface area (Å²) in [6.45, 7) is 11.8. The zero-order valence-corrected chi connectivity index (χ0v) is 33.4. The molecule has 3 N–H and O–H groups in total. The minimum absolute atomic E-state index is 0.0138. The number of aromatic nitrogens is 1. The van der Waals surface area contributed by atoms with Crippen molar-refractivity contribution in [3.63, 3.8) is 0 Å². The fourth-order valence-corrected chi connectivity index (χ4v) is 8.99. The molecule has 2 saturated carbocycles. The van der Waals surface area contributed by atoms with E-state index in [1.165, 1.54) is 4.90 Å². The first-order valence-corrected chi connectivity index (χ1v) is 21.1. The molecule has 3 heterocycles. The Morgan fingerprint density at radius 3 is 2.56 bits per heavy atom. The van der Waals surface area contributed by atoms with E-state index in [1.807, 2.05) is 50.3 Å². The molecule has 7 unspecified atom stereocenters. The van der Waals surface area contributed by atoms with Crippen LogP contribution in [0.2, 0.25) is 0 Å². The molecule has 300 valence electrons. The van der Waals surface area contributed by atoms with Crippen LogP contribution in [0.5, 0.6) is 11.6 Å². The number of hydrogen-bond donors (Lipinski definition) is 3. The van der Waals surface area contributed by atoms with Crippen molar-refractivity contribution in [1.82, 2.24) is 25.2 Å². The molecule has 4 aliphatic rings. The van der Waals surface area contributed by atoms with Gasteiger partial charge in [0.1, 0.15) is 35.1 Å². The zero-order valence-electron chi connectivity index (χ0n) is 32.6. The van der Waals surface area contributed by atoms with Gasteiger partial charge in [-0.2, -0.15) is 0 Å². The Kier molecular flexibility index (Phi) is 11.7. The summed E-state index contributed by atoms with van der Waals surface area (Å²) in [5.74, 6) is -1.48. The zero-order chi connectivity index (χ0) is 39.7. The second kappa shape index (κ2) is 16.0. The summed E-state index contributed by atoms with van der Waals surface area (Å²) >= 11 is 0. The molecule has 2 aliphatic carbocycles. The normalized spacial score (nSPS) is 28.9. The number of alkyl carbamates (subject to hydrolysis) is 1. The van der Waals surface area contributed by atoms with Crippen LogP contribution in [0.15, 0.2) is 42.6 Å². The van der Waals surface area contributed by atoms with E-state index >= 15 is 0 Å². The maximum atomic E-state index is 14.8. The number of carbonyl (C=O) groups is 4. The topological polar surface area (TPSA) is 182 Å². The van der Waals surface area contributed by atoms with Gasteiger partial charge in [0, 0.05) is 23.9 Å². The van der Waals surface area contributed by atoms with Crippen molar-refractivity contribution >= 4 is 44.6 Å². The van der Waals surface area contributed by atoms with Crippen molar-refractivity contribution in [1.29, 1.82) is 0 Å². The van der Waals surface area contributed by atoms with Gasteiger partial charge in [-0.15, -0.1) is 0 Å². The first-order chi connectivity index (χ1) is 26.0. The summed E-state index contributed by atoms with van der Waals surface area (Å²) in [5, 5.41) is 6.64. The van der Waals surface area contributed by atoms with Crippen LogP contribution < -0.4 is 24.8 Å². The van der Waals surface area contributed by atoms with E-state index in [2.05, 4.69) is 27.3 Å². The number of ether oxygens (including phenoxy) is 3. The Labute approximate surface area is 323 Å². The van der Waals surface area contributed by atoms with E-state index in [1.54, 1.807) is 27.0 Å². The van der Waals surface area contributed by atoms with Gasteiger partial charge in [-0.3, -0.25) is 19.1 Å². The highest BCUT2D eigenvalue weighted by Gasteiger charge is 2.62. The van der Waals surface area contributed by atoms with Crippen LogP contribution in [0.1, 0.15) is 92.9 Å². The predicted octanol–water partition coefficient (Wildman–Crippen LogP) is 4.76. The lowest BCUT2D eigenvalue weighted by atomic mass is 9.88. The summed E-state index contributed by atoms with van der Waals surface area (Å²) in [4.78, 5) is 62.1. The van der Waals surface area contributed by atoms with E-state index < -0.39 is 74.3 Å². The van der Waals surface area contributed by atoms with E-state index in [4.69, 9.17) is 14.2 Å². The summed E-state index contributed by atoms with van der Waals surface area (Å²) < 4.78 is 45.8. The Balaban J connectivity index is 1.33. The van der Waals surface area contributed by atoms with Gasteiger partial charge < -0.3 is 29.7 Å². The highest BCUT2D eigenvalue weighted by atomic mass is 32.2. The third-order valence-corrected chi connectivity index (χ3v) is 12.6. The number of carbonyl (C=O) groups excluding carboxylic acids is 4. The number of nitrogens with one attached hydrogen (secondary N) is 3. The van der Waals surface area contributed by atoms with Gasteiger partial charge in [-0.25, -0.2) is 18.2 Å². The summed E-state index contributed by atoms with van der Waals surface area (Å²) in [7, 11) is -3.90. The van der Waals surface area contributed by atoms with Crippen LogP contribution in [0.4, 0.5) is 4.79 Å². The molecule has 2 aliphatic heterocycles. The number of pyridine rings is 1. The Bertz CT molecular complexity index is 1930. The van der Waals surface area contributed by atoms with Gasteiger partial charge in [0.2, 0.25) is 27.7 Å². The number of rotatable bonds is 9. The lowest BCUT2D eigenvalue weighted by molar-refractivity contribution is -0.142. The highest BCUT2D eigenvalue weighted by molar-refractivity contribution is 7.91. The molecule has 4 amide bonds. The fourth-order valence-electron chi connectivity index (χ4n) is 7.62. The molecule has 0 bridgehead atoms. The van der Waals surface area contributed by atoms with Crippen molar-refractivity contribution in [3.05, 3.63) is 42.6 Å². The van der Waals surface area contributed by atoms with Crippen LogP contribution in [0, 0.1) is 17.8 Å². The monoisotopic (exact) mass is 781 g/mol. The molecule has 7 atom stereocenters. The summed E-state index contributed by atoms with van der Waals surface area (Å²) in [6.07, 6.45) is 8.13. The molecular formula is C40H55N5O9S. The molecule has 0 radical (unpaired) electrons. The van der Waals surface area contributed by atoms with Gasteiger partial charge in [0.05, 0.1) is 18.4 Å². The average Bonchev–Trinajstić information content (AvgIpc) is 4.04. The number of fused-ring (bicyclic) bond motifs is 3. The smallest absolute Gasteiger partial charge is 0.408 e. The van der Waals surface area contributed by atoms with Crippen molar-refractivity contribution in [2.75, 3.05) is 13.2 Å². The molecule has 1 aromatic heterocycles. The highest BCUT2D eigenvalue weighted by Crippen LogP contribution is 2.46. The minimum atomic E-state index is -3.90. The molecule has 15 heteroatoms. The molecule has 6 rings (SSSR count). The standard InChI is InChI=1S/C40H55N5O9S/c1-7-18-52-28-12-15-31-26(20-28)16-17-41-35(31)53-29-21-32-34(46)43-40(37(48)44-55(50,51)30-13-14-30)22-27(40)11-9-8-10-24(2)19-25(3)33(36(47)45(32)23-29)42-38(49)54-39(4,5)6/h9,11-12,15-17,20,24-25,27,29-30,32-33H,7-8,10,13-14,18-19,21-23H2,1-6H3,(H,42,49)(H,43,46)(H,44,48). The predicted molar refractivity (Wildman–Crippen MR) is 206 cm³/mol.